The molecule has 0 aromatic carbocycles. The molecule has 0 fully saturated rings. The number of hydrogen-bond acceptors (Lipinski definition) is 2. The molecule has 0 heterocycles. The van der Waals surface area contributed by atoms with Crippen LogP contribution in [0, 0.1) is 0 Å². The van der Waals surface area contributed by atoms with Gasteiger partial charge in [0.25, 0.3) is 0 Å². The summed E-state index contributed by atoms with van der Waals surface area (Å²) in [5.74, 6) is -1.42. The van der Waals surface area contributed by atoms with Crippen molar-refractivity contribution in [2.45, 2.75) is 13.1 Å². The number of aliphatic carboxylic acids is 1. The fourth-order valence-corrected chi connectivity index (χ4v) is 0.560. The minimum Gasteiger partial charge on any atom is -0.515 e. The van der Waals surface area contributed by atoms with Crippen molar-refractivity contribution in [2.75, 3.05) is 0 Å². The van der Waals surface area contributed by atoms with Gasteiger partial charge >= 0.3 is 12.1 Å². The van der Waals surface area contributed by atoms with Gasteiger partial charge in [-0.3, -0.25) is 0 Å². The Hall–Kier alpha value is -1.72. The Morgan fingerprint density at radius 3 is 2.20 bits per heavy atom. The Balaban J connectivity index is 4.64. The fourth-order valence-electron chi connectivity index (χ4n) is 0.560. The summed E-state index contributed by atoms with van der Waals surface area (Å²) in [4.78, 5) is 10.3. The zero-order chi connectivity index (χ0) is 12.1. The molecule has 0 spiro atoms. The standard InChI is InChI=1S/C9H9F3O3/c1-6(9(10,11)12)3-2-4-7(5-13)8(14)15/h2-5,13H,1H3,(H,14,15)/b4-2-,6-3+,7-5-. The van der Waals surface area contributed by atoms with Gasteiger partial charge in [-0.25, -0.2) is 4.79 Å². The Morgan fingerprint density at radius 2 is 1.87 bits per heavy atom. The van der Waals surface area contributed by atoms with Crippen LogP contribution in [0.25, 0.3) is 0 Å². The maximum Gasteiger partial charge on any atom is 0.412 e. The first kappa shape index (κ1) is 13.3. The molecule has 0 saturated carbocycles. The minimum absolute atomic E-state index is 0.301. The smallest absolute Gasteiger partial charge is 0.412 e. The van der Waals surface area contributed by atoms with Crippen LogP contribution in [0.4, 0.5) is 13.2 Å². The Labute approximate surface area is 83.8 Å². The zero-order valence-corrected chi connectivity index (χ0v) is 7.75. The Morgan fingerprint density at radius 1 is 1.33 bits per heavy atom. The van der Waals surface area contributed by atoms with Gasteiger partial charge in [0, 0.05) is 5.57 Å². The van der Waals surface area contributed by atoms with E-state index in [1.54, 1.807) is 0 Å². The Bertz CT molecular complexity index is 324. The summed E-state index contributed by atoms with van der Waals surface area (Å²) < 4.78 is 35.8. The van der Waals surface area contributed by atoms with Crippen LogP contribution in [0.3, 0.4) is 0 Å². The second-order valence-electron chi connectivity index (χ2n) is 2.60. The van der Waals surface area contributed by atoms with Crippen LogP contribution in [-0.4, -0.2) is 22.4 Å². The van der Waals surface area contributed by atoms with Gasteiger partial charge < -0.3 is 10.2 Å². The van der Waals surface area contributed by atoms with E-state index in [2.05, 4.69) is 0 Å². The monoisotopic (exact) mass is 222 g/mol. The highest BCUT2D eigenvalue weighted by Crippen LogP contribution is 2.24. The van der Waals surface area contributed by atoms with Crippen LogP contribution in [-0.2, 0) is 4.79 Å². The number of hydrogen-bond donors (Lipinski definition) is 2. The number of aliphatic hydroxyl groups excluding tert-OH is 1. The zero-order valence-electron chi connectivity index (χ0n) is 7.75. The Kier molecular flexibility index (Phi) is 4.63. The lowest BCUT2D eigenvalue weighted by Gasteiger charge is -2.03. The predicted octanol–water partition coefficient (Wildman–Crippen LogP) is 2.58. The molecule has 0 aliphatic carbocycles. The third-order valence-corrected chi connectivity index (χ3v) is 1.46. The molecule has 0 saturated heterocycles. The molecule has 84 valence electrons. The number of alkyl halides is 3. The number of rotatable bonds is 3. The quantitative estimate of drug-likeness (QED) is 0.438. The SMILES string of the molecule is C\C(=C/C=C\C(=C\O)C(=O)O)C(F)(F)F. The van der Waals surface area contributed by atoms with Crippen LogP contribution >= 0.6 is 0 Å². The van der Waals surface area contributed by atoms with Crippen LogP contribution in [0.5, 0.6) is 0 Å². The molecule has 0 aromatic heterocycles. The summed E-state index contributed by atoms with van der Waals surface area (Å²) in [6, 6.07) is 0. The van der Waals surface area contributed by atoms with Gasteiger partial charge in [0.15, 0.2) is 0 Å². The van der Waals surface area contributed by atoms with E-state index < -0.39 is 23.3 Å². The molecule has 2 N–H and O–H groups in total. The number of aliphatic hydroxyl groups is 1. The summed E-state index contributed by atoms with van der Waals surface area (Å²) in [5.41, 5.74) is -1.36. The highest BCUT2D eigenvalue weighted by atomic mass is 19.4. The van der Waals surface area contributed by atoms with E-state index in [1.807, 2.05) is 0 Å². The molecular formula is C9H9F3O3. The van der Waals surface area contributed by atoms with Gasteiger partial charge in [-0.05, 0) is 13.0 Å². The summed E-state index contributed by atoms with van der Waals surface area (Å²) in [7, 11) is 0. The molecule has 6 heteroatoms. The number of halogens is 3. The van der Waals surface area contributed by atoms with Crippen molar-refractivity contribution in [3.8, 4) is 0 Å². The summed E-state index contributed by atoms with van der Waals surface area (Å²) >= 11 is 0. The van der Waals surface area contributed by atoms with Crippen molar-refractivity contribution in [3.05, 3.63) is 35.6 Å². The molecule has 0 aromatic rings. The number of carbonyl (C=O) groups is 1. The third kappa shape index (κ3) is 4.90. The van der Waals surface area contributed by atoms with Gasteiger partial charge in [0.2, 0.25) is 0 Å². The van der Waals surface area contributed by atoms with Gasteiger partial charge in [-0.15, -0.1) is 0 Å². The summed E-state index contributed by atoms with van der Waals surface area (Å²) in [6.45, 7) is 0.855. The maximum absolute atomic E-state index is 11.9. The predicted molar refractivity (Wildman–Crippen MR) is 47.3 cm³/mol. The molecule has 0 atom stereocenters. The average Bonchev–Trinajstić information content (AvgIpc) is 2.09. The van der Waals surface area contributed by atoms with E-state index >= 15 is 0 Å². The maximum atomic E-state index is 11.9. The molecule has 15 heavy (non-hydrogen) atoms. The molecule has 0 bridgehead atoms. The van der Waals surface area contributed by atoms with Crippen molar-refractivity contribution < 1.29 is 28.2 Å². The van der Waals surface area contributed by atoms with E-state index in [0.29, 0.717) is 12.3 Å². The van der Waals surface area contributed by atoms with Gasteiger partial charge in [0.1, 0.15) is 0 Å². The second kappa shape index (κ2) is 5.23. The van der Waals surface area contributed by atoms with E-state index in [0.717, 1.165) is 19.1 Å². The first-order valence-electron chi connectivity index (χ1n) is 3.79. The molecule has 0 rings (SSSR count). The van der Waals surface area contributed by atoms with Crippen molar-refractivity contribution >= 4 is 5.97 Å². The van der Waals surface area contributed by atoms with Crippen LogP contribution in [0.1, 0.15) is 6.92 Å². The van der Waals surface area contributed by atoms with E-state index in [4.69, 9.17) is 10.2 Å². The van der Waals surface area contributed by atoms with Crippen molar-refractivity contribution in [1.82, 2.24) is 0 Å². The topological polar surface area (TPSA) is 57.5 Å². The molecule has 0 radical (unpaired) electrons. The first-order chi connectivity index (χ1) is 6.79. The number of carboxylic acids is 1. The van der Waals surface area contributed by atoms with Crippen LogP contribution in [0.2, 0.25) is 0 Å². The molecule has 0 amide bonds. The summed E-state index contributed by atoms with van der Waals surface area (Å²) in [5, 5.41) is 16.8. The van der Waals surface area contributed by atoms with E-state index in [1.165, 1.54) is 0 Å². The normalized spacial score (nSPS) is 14.7. The van der Waals surface area contributed by atoms with Crippen LogP contribution < -0.4 is 0 Å². The van der Waals surface area contributed by atoms with Crippen LogP contribution in [0.15, 0.2) is 35.6 Å². The number of carboxylic acid groups (broad SMARTS) is 1. The van der Waals surface area contributed by atoms with Crippen molar-refractivity contribution in [1.29, 1.82) is 0 Å². The fraction of sp³-hybridized carbons (Fsp3) is 0.222. The van der Waals surface area contributed by atoms with Gasteiger partial charge in [-0.1, -0.05) is 12.2 Å². The van der Waals surface area contributed by atoms with E-state index in [9.17, 15) is 18.0 Å². The third-order valence-electron chi connectivity index (χ3n) is 1.46. The van der Waals surface area contributed by atoms with Gasteiger partial charge in [0.05, 0.1) is 11.8 Å². The second-order valence-corrected chi connectivity index (χ2v) is 2.60. The van der Waals surface area contributed by atoms with Crippen molar-refractivity contribution in [3.63, 3.8) is 0 Å². The van der Waals surface area contributed by atoms with E-state index in [-0.39, 0.29) is 0 Å². The lowest BCUT2D eigenvalue weighted by molar-refractivity contribution is -0.132. The molecule has 0 unspecified atom stereocenters. The molecule has 0 aliphatic heterocycles. The highest BCUT2D eigenvalue weighted by Gasteiger charge is 2.29. The van der Waals surface area contributed by atoms with Crippen molar-refractivity contribution in [2.24, 2.45) is 0 Å². The van der Waals surface area contributed by atoms with Gasteiger partial charge in [-0.2, -0.15) is 13.2 Å². The minimum atomic E-state index is -4.43. The lowest BCUT2D eigenvalue weighted by Crippen LogP contribution is -2.08. The first-order valence-corrected chi connectivity index (χ1v) is 3.79. The molecule has 0 aliphatic rings. The lowest BCUT2D eigenvalue weighted by atomic mass is 10.2. The average molecular weight is 222 g/mol. The molecule has 3 nitrogen and oxygen atoms in total. The largest absolute Gasteiger partial charge is 0.515 e. The summed E-state index contributed by atoms with van der Waals surface area (Å²) in [6.07, 6.45) is -1.66. The highest BCUT2D eigenvalue weighted by molar-refractivity contribution is 5.89. The number of allylic oxidation sites excluding steroid dienone is 3. The molecular weight excluding hydrogens is 213 g/mol.